The molecule has 0 saturated carbocycles. The Hall–Kier alpha value is -2.62. The van der Waals surface area contributed by atoms with E-state index in [-0.39, 0.29) is 5.95 Å². The third-order valence-corrected chi connectivity index (χ3v) is 3.92. The Labute approximate surface area is 116 Å². The van der Waals surface area contributed by atoms with E-state index >= 15 is 0 Å². The van der Waals surface area contributed by atoms with Gasteiger partial charge in [0.1, 0.15) is 5.82 Å². The van der Waals surface area contributed by atoms with E-state index < -0.39 is 0 Å². The average molecular weight is 262 g/mol. The summed E-state index contributed by atoms with van der Waals surface area (Å²) in [6.45, 7) is 0. The average Bonchev–Trinajstić information content (AvgIpc) is 2.84. The Morgan fingerprint density at radius 2 is 1.70 bits per heavy atom. The molecule has 4 rings (SSSR count). The second-order valence-corrected chi connectivity index (χ2v) is 5.15. The van der Waals surface area contributed by atoms with Crippen LogP contribution in [0.25, 0.3) is 22.0 Å². The number of aryl methyl sites for hydroxylation is 2. The Morgan fingerprint density at radius 3 is 2.50 bits per heavy atom. The Balaban J connectivity index is 2.06. The first-order valence-electron chi connectivity index (χ1n) is 6.66. The van der Waals surface area contributed by atoms with Crippen molar-refractivity contribution >= 4 is 22.5 Å². The van der Waals surface area contributed by atoms with Crippen LogP contribution in [0.15, 0.2) is 36.4 Å². The molecule has 2 aromatic carbocycles. The van der Waals surface area contributed by atoms with Gasteiger partial charge in [0, 0.05) is 11.6 Å². The molecule has 0 spiro atoms. The molecule has 1 aromatic heterocycles. The fraction of sp³-hybridized carbons (Fsp3) is 0.125. The summed E-state index contributed by atoms with van der Waals surface area (Å²) in [5.41, 5.74) is 16.2. The number of nitrogens with zero attached hydrogens (tertiary/aromatic N) is 2. The first-order chi connectivity index (χ1) is 9.72. The van der Waals surface area contributed by atoms with Crippen LogP contribution in [0, 0.1) is 0 Å². The van der Waals surface area contributed by atoms with Gasteiger partial charge in [0.25, 0.3) is 0 Å². The molecule has 0 radical (unpaired) electrons. The molecule has 4 nitrogen and oxygen atoms in total. The fourth-order valence-corrected chi connectivity index (χ4v) is 3.09. The first kappa shape index (κ1) is 11.2. The van der Waals surface area contributed by atoms with Crippen LogP contribution < -0.4 is 11.5 Å². The van der Waals surface area contributed by atoms with E-state index in [1.807, 2.05) is 0 Å². The van der Waals surface area contributed by atoms with E-state index in [1.165, 1.54) is 21.9 Å². The van der Waals surface area contributed by atoms with E-state index in [9.17, 15) is 0 Å². The molecule has 4 heteroatoms. The number of aromatic nitrogens is 2. The molecule has 98 valence electrons. The standard InChI is InChI=1S/C16H14N4/c17-14-8-13(19-16(18)20-14)11-7-6-10-5-4-9-2-1-3-12(11)15(9)10/h1-3,6-8H,4-5H2,(H4,17,18,19,20). The van der Waals surface area contributed by atoms with Gasteiger partial charge in [-0.1, -0.05) is 30.3 Å². The van der Waals surface area contributed by atoms with Crippen LogP contribution in [0.3, 0.4) is 0 Å². The van der Waals surface area contributed by atoms with Crippen LogP contribution in [0.2, 0.25) is 0 Å². The number of anilines is 2. The Bertz CT molecular complexity index is 809. The third-order valence-electron chi connectivity index (χ3n) is 3.92. The van der Waals surface area contributed by atoms with Crippen molar-refractivity contribution in [3.63, 3.8) is 0 Å². The summed E-state index contributed by atoms with van der Waals surface area (Å²) in [5, 5.41) is 2.58. The number of nitrogens with two attached hydrogens (primary N) is 2. The fourth-order valence-electron chi connectivity index (χ4n) is 3.09. The summed E-state index contributed by atoms with van der Waals surface area (Å²) in [6, 6.07) is 12.5. The summed E-state index contributed by atoms with van der Waals surface area (Å²) in [7, 11) is 0. The van der Waals surface area contributed by atoms with Crippen molar-refractivity contribution in [2.75, 3.05) is 11.5 Å². The summed E-state index contributed by atoms with van der Waals surface area (Å²) in [5.74, 6) is 0.610. The molecule has 0 unspecified atom stereocenters. The van der Waals surface area contributed by atoms with Crippen molar-refractivity contribution in [2.45, 2.75) is 12.8 Å². The first-order valence-corrected chi connectivity index (χ1v) is 6.66. The van der Waals surface area contributed by atoms with Crippen LogP contribution in [0.5, 0.6) is 0 Å². The number of nitrogen functional groups attached to an aromatic ring is 2. The van der Waals surface area contributed by atoms with Crippen LogP contribution in [-0.4, -0.2) is 9.97 Å². The van der Waals surface area contributed by atoms with Gasteiger partial charge in [0.05, 0.1) is 5.69 Å². The van der Waals surface area contributed by atoms with Crippen molar-refractivity contribution < 1.29 is 0 Å². The van der Waals surface area contributed by atoms with Gasteiger partial charge in [0.2, 0.25) is 5.95 Å². The molecule has 0 atom stereocenters. The van der Waals surface area contributed by atoms with E-state index in [4.69, 9.17) is 11.5 Å². The van der Waals surface area contributed by atoms with Gasteiger partial charge in [-0.15, -0.1) is 0 Å². The van der Waals surface area contributed by atoms with Gasteiger partial charge >= 0.3 is 0 Å². The highest BCUT2D eigenvalue weighted by molar-refractivity contribution is 6.01. The Morgan fingerprint density at radius 1 is 0.900 bits per heavy atom. The molecule has 0 bridgehead atoms. The minimum absolute atomic E-state index is 0.211. The van der Waals surface area contributed by atoms with E-state index in [1.54, 1.807) is 6.07 Å². The minimum atomic E-state index is 0.211. The monoisotopic (exact) mass is 262 g/mol. The van der Waals surface area contributed by atoms with Crippen LogP contribution in [0.1, 0.15) is 11.1 Å². The van der Waals surface area contributed by atoms with E-state index in [2.05, 4.69) is 40.3 Å². The molecule has 0 aliphatic heterocycles. The molecule has 1 aliphatic carbocycles. The molecular formula is C16H14N4. The van der Waals surface area contributed by atoms with Crippen molar-refractivity contribution in [3.05, 3.63) is 47.5 Å². The van der Waals surface area contributed by atoms with Gasteiger partial charge in [-0.25, -0.2) is 4.98 Å². The molecule has 20 heavy (non-hydrogen) atoms. The van der Waals surface area contributed by atoms with Crippen molar-refractivity contribution in [1.29, 1.82) is 0 Å². The number of hydrogen-bond donors (Lipinski definition) is 2. The molecule has 1 aliphatic rings. The second kappa shape index (κ2) is 3.93. The van der Waals surface area contributed by atoms with Gasteiger partial charge in [-0.2, -0.15) is 4.98 Å². The second-order valence-electron chi connectivity index (χ2n) is 5.15. The lowest BCUT2D eigenvalue weighted by atomic mass is 9.98. The maximum atomic E-state index is 5.78. The van der Waals surface area contributed by atoms with Crippen LogP contribution >= 0.6 is 0 Å². The van der Waals surface area contributed by atoms with Gasteiger partial charge < -0.3 is 11.5 Å². The Kier molecular flexibility index (Phi) is 2.21. The summed E-state index contributed by atoms with van der Waals surface area (Å²) >= 11 is 0. The molecule has 3 aromatic rings. The number of hydrogen-bond acceptors (Lipinski definition) is 4. The normalized spacial score (nSPS) is 13.0. The summed E-state index contributed by atoms with van der Waals surface area (Å²) in [6.07, 6.45) is 2.23. The van der Waals surface area contributed by atoms with Crippen LogP contribution in [-0.2, 0) is 12.8 Å². The number of rotatable bonds is 1. The zero-order chi connectivity index (χ0) is 13.7. The van der Waals surface area contributed by atoms with E-state index in [0.29, 0.717) is 5.82 Å². The lowest BCUT2D eigenvalue weighted by Gasteiger charge is -2.09. The summed E-state index contributed by atoms with van der Waals surface area (Å²) in [4.78, 5) is 8.25. The lowest BCUT2D eigenvalue weighted by molar-refractivity contribution is 1.02. The van der Waals surface area contributed by atoms with Gasteiger partial charge in [-0.3, -0.25) is 0 Å². The van der Waals surface area contributed by atoms with E-state index in [0.717, 1.165) is 24.1 Å². The minimum Gasteiger partial charge on any atom is -0.384 e. The smallest absolute Gasteiger partial charge is 0.222 e. The zero-order valence-electron chi connectivity index (χ0n) is 10.9. The SMILES string of the molecule is Nc1cc(-c2ccc3c4c(cccc24)CC3)nc(N)n1. The zero-order valence-corrected chi connectivity index (χ0v) is 10.9. The molecule has 4 N–H and O–H groups in total. The van der Waals surface area contributed by atoms with Crippen molar-refractivity contribution in [3.8, 4) is 11.3 Å². The predicted molar refractivity (Wildman–Crippen MR) is 81.2 cm³/mol. The number of benzene rings is 2. The van der Waals surface area contributed by atoms with Crippen molar-refractivity contribution in [1.82, 2.24) is 9.97 Å². The quantitative estimate of drug-likeness (QED) is 0.706. The molecule has 0 saturated heterocycles. The maximum absolute atomic E-state index is 5.78. The molecular weight excluding hydrogens is 248 g/mol. The summed E-state index contributed by atoms with van der Waals surface area (Å²) < 4.78 is 0. The lowest BCUT2D eigenvalue weighted by Crippen LogP contribution is -2.00. The van der Waals surface area contributed by atoms with Gasteiger partial charge in [0.15, 0.2) is 0 Å². The topological polar surface area (TPSA) is 77.8 Å². The molecule has 0 amide bonds. The highest BCUT2D eigenvalue weighted by atomic mass is 15.0. The highest BCUT2D eigenvalue weighted by Crippen LogP contribution is 2.36. The van der Waals surface area contributed by atoms with Crippen molar-refractivity contribution in [2.24, 2.45) is 0 Å². The third kappa shape index (κ3) is 1.54. The molecule has 1 heterocycles. The molecule has 0 fully saturated rings. The van der Waals surface area contributed by atoms with Gasteiger partial charge in [-0.05, 0) is 34.7 Å². The predicted octanol–water partition coefficient (Wildman–Crippen LogP) is 2.56. The highest BCUT2D eigenvalue weighted by Gasteiger charge is 2.17. The largest absolute Gasteiger partial charge is 0.384 e. The maximum Gasteiger partial charge on any atom is 0.222 e. The van der Waals surface area contributed by atoms with Crippen LogP contribution in [0.4, 0.5) is 11.8 Å².